The molecule has 3 saturated carbocycles. The number of benzene rings is 1. The van der Waals surface area contributed by atoms with Crippen molar-refractivity contribution >= 4 is 5.78 Å². The lowest BCUT2D eigenvalue weighted by atomic mass is 9.46. The zero-order valence-electron chi connectivity index (χ0n) is 18.2. The molecule has 0 radical (unpaired) electrons. The maximum absolute atomic E-state index is 12.2. The zero-order chi connectivity index (χ0) is 20.7. The smallest absolute Gasteiger partial charge is 0.156 e. The lowest BCUT2D eigenvalue weighted by Crippen LogP contribution is -2.52. The maximum Gasteiger partial charge on any atom is 0.156 e. The van der Waals surface area contributed by atoms with E-state index in [-0.39, 0.29) is 10.8 Å². The summed E-state index contributed by atoms with van der Waals surface area (Å²) >= 11 is 0. The summed E-state index contributed by atoms with van der Waals surface area (Å²) in [5.41, 5.74) is 5.46. The van der Waals surface area contributed by atoms with Gasteiger partial charge in [-0.15, -0.1) is 0 Å². The highest BCUT2D eigenvalue weighted by Gasteiger charge is 2.74. The summed E-state index contributed by atoms with van der Waals surface area (Å²) < 4.78 is 5.41. The predicted octanol–water partition coefficient (Wildman–Crippen LogP) is 5.49. The molecule has 1 N–H and O–H groups in total. The number of hydrogen-bond acceptors (Lipinski definition) is 3. The molecule has 0 saturated heterocycles. The number of methoxy groups -OCH3 is 1. The number of fused-ring (bicyclic) bond motifs is 2. The second-order valence-corrected chi connectivity index (χ2v) is 10.7. The van der Waals surface area contributed by atoms with Gasteiger partial charge in [-0.25, -0.2) is 0 Å². The number of hydrogen-bond donors (Lipinski definition) is 1. The van der Waals surface area contributed by atoms with Crippen LogP contribution in [0.2, 0.25) is 0 Å². The maximum atomic E-state index is 12.2. The molecule has 3 heteroatoms. The zero-order valence-corrected chi connectivity index (χ0v) is 18.2. The minimum absolute atomic E-state index is 0.0228. The van der Waals surface area contributed by atoms with Crippen molar-refractivity contribution in [3.63, 3.8) is 0 Å². The van der Waals surface area contributed by atoms with Crippen molar-refractivity contribution in [1.29, 1.82) is 0 Å². The van der Waals surface area contributed by atoms with E-state index in [2.05, 4.69) is 31.2 Å². The van der Waals surface area contributed by atoms with Gasteiger partial charge in [-0.3, -0.25) is 4.79 Å². The molecule has 3 atom stereocenters. The van der Waals surface area contributed by atoms with Gasteiger partial charge >= 0.3 is 0 Å². The van der Waals surface area contributed by atoms with Gasteiger partial charge in [0.15, 0.2) is 5.78 Å². The third-order valence-corrected chi connectivity index (χ3v) is 10.0. The minimum Gasteiger partial charge on any atom is -0.497 e. The highest BCUT2D eigenvalue weighted by atomic mass is 16.5. The number of ether oxygens (including phenoxy) is 1. The van der Waals surface area contributed by atoms with Crippen molar-refractivity contribution in [2.45, 2.75) is 76.2 Å². The van der Waals surface area contributed by atoms with E-state index in [9.17, 15) is 9.90 Å². The van der Waals surface area contributed by atoms with Crippen LogP contribution < -0.4 is 4.74 Å². The summed E-state index contributed by atoms with van der Waals surface area (Å²) in [6.45, 7) is 2.40. The van der Waals surface area contributed by atoms with Gasteiger partial charge in [-0.1, -0.05) is 24.6 Å². The summed E-state index contributed by atoms with van der Waals surface area (Å²) in [6, 6.07) is 8.60. The third-order valence-electron chi connectivity index (χ3n) is 10.0. The summed E-state index contributed by atoms with van der Waals surface area (Å²) in [5.74, 6) is 2.05. The van der Waals surface area contributed by atoms with Crippen LogP contribution in [-0.4, -0.2) is 23.6 Å². The average Bonchev–Trinajstić information content (AvgIpc) is 3.13. The van der Waals surface area contributed by atoms with Crippen LogP contribution in [0, 0.1) is 16.7 Å². The molecule has 30 heavy (non-hydrogen) atoms. The Bertz CT molecular complexity index is 974. The Morgan fingerprint density at radius 1 is 1.03 bits per heavy atom. The molecule has 6 rings (SSSR count). The molecule has 0 aromatic heterocycles. The lowest BCUT2D eigenvalue weighted by molar-refractivity contribution is -0.114. The van der Waals surface area contributed by atoms with Crippen molar-refractivity contribution in [2.75, 3.05) is 7.11 Å². The topological polar surface area (TPSA) is 46.5 Å². The molecule has 0 heterocycles. The Hall–Kier alpha value is -1.87. The van der Waals surface area contributed by atoms with Gasteiger partial charge in [-0.2, -0.15) is 0 Å². The van der Waals surface area contributed by atoms with Gasteiger partial charge in [0, 0.05) is 17.8 Å². The van der Waals surface area contributed by atoms with Crippen LogP contribution in [0.4, 0.5) is 0 Å². The standard InChI is InChI=1S/C27H32O3/c1-25-16-22(17-3-7-20(30-2)8-4-17)24-21-9-6-19(28)15-18(21)5-10-23(24)26(25)11-13-27(25,29)14-12-26/h3-4,7-8,15,22-23,29H,5-6,9-14,16H2,1-2H3/t22-,23?,25+,26?,27?/m1/s1. The van der Waals surface area contributed by atoms with E-state index >= 15 is 0 Å². The molecule has 1 unspecified atom stereocenters. The lowest BCUT2D eigenvalue weighted by Gasteiger charge is -2.58. The number of allylic oxidation sites excluding steroid dienone is 4. The van der Waals surface area contributed by atoms with Gasteiger partial charge in [0.05, 0.1) is 12.7 Å². The largest absolute Gasteiger partial charge is 0.497 e. The van der Waals surface area contributed by atoms with Gasteiger partial charge in [-0.05, 0) is 97.6 Å². The van der Waals surface area contributed by atoms with E-state index in [0.717, 1.165) is 57.1 Å². The van der Waals surface area contributed by atoms with Crippen molar-refractivity contribution in [2.24, 2.45) is 16.7 Å². The van der Waals surface area contributed by atoms with E-state index in [4.69, 9.17) is 4.74 Å². The van der Waals surface area contributed by atoms with E-state index in [1.54, 1.807) is 12.7 Å². The fourth-order valence-corrected chi connectivity index (χ4v) is 8.46. The summed E-state index contributed by atoms with van der Waals surface area (Å²) in [5, 5.41) is 11.7. The second kappa shape index (κ2) is 6.09. The monoisotopic (exact) mass is 404 g/mol. The molecule has 1 aromatic rings. The summed E-state index contributed by atoms with van der Waals surface area (Å²) in [6.07, 6.45) is 10.9. The first-order chi connectivity index (χ1) is 14.4. The SMILES string of the molecule is COc1ccc([C@H]2C[C@]3(C)C4(O)CCC3(CC4)C3CCC4=CC(=O)CCC4=C32)cc1. The fourth-order valence-electron chi connectivity index (χ4n) is 8.46. The number of rotatable bonds is 2. The molecular formula is C27H32O3. The van der Waals surface area contributed by atoms with Gasteiger partial charge < -0.3 is 9.84 Å². The highest BCUT2D eigenvalue weighted by molar-refractivity contribution is 5.93. The van der Waals surface area contributed by atoms with Gasteiger partial charge in [0.1, 0.15) is 5.75 Å². The number of ketones is 1. The molecule has 158 valence electrons. The van der Waals surface area contributed by atoms with Crippen molar-refractivity contribution in [3.05, 3.63) is 52.6 Å². The molecular weight excluding hydrogens is 372 g/mol. The number of carbonyl (C=O) groups is 1. The van der Waals surface area contributed by atoms with Crippen LogP contribution >= 0.6 is 0 Å². The first kappa shape index (κ1) is 18.9. The molecule has 5 aliphatic carbocycles. The van der Waals surface area contributed by atoms with Crippen LogP contribution in [0.3, 0.4) is 0 Å². The Morgan fingerprint density at radius 3 is 2.47 bits per heavy atom. The van der Waals surface area contributed by atoms with Crippen molar-refractivity contribution < 1.29 is 14.6 Å². The van der Waals surface area contributed by atoms with Crippen LogP contribution in [0.25, 0.3) is 0 Å². The highest BCUT2D eigenvalue weighted by Crippen LogP contribution is 2.78. The van der Waals surface area contributed by atoms with Crippen LogP contribution in [0.5, 0.6) is 5.75 Å². The van der Waals surface area contributed by atoms with Crippen LogP contribution in [0.1, 0.15) is 76.2 Å². The Labute approximate surface area is 179 Å². The minimum atomic E-state index is -0.507. The Kier molecular flexibility index (Phi) is 3.83. The van der Waals surface area contributed by atoms with E-state index < -0.39 is 5.60 Å². The molecule has 0 spiro atoms. The quantitative estimate of drug-likeness (QED) is 0.709. The van der Waals surface area contributed by atoms with Crippen LogP contribution in [0.15, 0.2) is 47.1 Å². The summed E-state index contributed by atoms with van der Waals surface area (Å²) in [7, 11) is 1.71. The normalized spacial score (nSPS) is 41.8. The number of aliphatic hydroxyl groups is 1. The molecule has 3 nitrogen and oxygen atoms in total. The van der Waals surface area contributed by atoms with E-state index in [1.165, 1.54) is 16.7 Å². The molecule has 2 bridgehead atoms. The van der Waals surface area contributed by atoms with Crippen LogP contribution in [-0.2, 0) is 4.79 Å². The average molecular weight is 405 g/mol. The van der Waals surface area contributed by atoms with Crippen molar-refractivity contribution in [1.82, 2.24) is 0 Å². The fraction of sp³-hybridized carbons (Fsp3) is 0.593. The third kappa shape index (κ3) is 2.17. The molecule has 0 aliphatic heterocycles. The van der Waals surface area contributed by atoms with Gasteiger partial charge in [0.2, 0.25) is 0 Å². The molecule has 0 amide bonds. The summed E-state index contributed by atoms with van der Waals surface area (Å²) in [4.78, 5) is 12.2. The molecule has 5 aliphatic rings. The number of carbonyl (C=O) groups excluding carboxylic acids is 1. The Morgan fingerprint density at radius 2 is 1.77 bits per heavy atom. The van der Waals surface area contributed by atoms with Gasteiger partial charge in [0.25, 0.3) is 0 Å². The van der Waals surface area contributed by atoms with E-state index in [1.807, 2.05) is 6.08 Å². The first-order valence-electron chi connectivity index (χ1n) is 11.7. The Balaban J connectivity index is 1.56. The molecule has 3 fully saturated rings. The second-order valence-electron chi connectivity index (χ2n) is 10.7. The van der Waals surface area contributed by atoms with Crippen molar-refractivity contribution in [3.8, 4) is 5.75 Å². The predicted molar refractivity (Wildman–Crippen MR) is 116 cm³/mol. The van der Waals surface area contributed by atoms with E-state index in [0.29, 0.717) is 24.0 Å². The molecule has 1 aromatic carbocycles. The first-order valence-corrected chi connectivity index (χ1v) is 11.7.